The highest BCUT2D eigenvalue weighted by atomic mass is 15.0. The van der Waals surface area contributed by atoms with Gasteiger partial charge in [0.2, 0.25) is 0 Å². The zero-order valence-corrected chi connectivity index (χ0v) is 27.2. The molecule has 2 nitrogen and oxygen atoms in total. The lowest BCUT2D eigenvalue weighted by atomic mass is 9.95. The molecular formula is C48H30N2. The number of rotatable bonds is 3. The third-order valence-corrected chi connectivity index (χ3v) is 10.7. The summed E-state index contributed by atoms with van der Waals surface area (Å²) in [6, 6.07) is 66.7. The molecule has 0 N–H and O–H groups in total. The lowest BCUT2D eigenvalue weighted by molar-refractivity contribution is 1.18. The van der Waals surface area contributed by atoms with Gasteiger partial charge in [0.1, 0.15) is 0 Å². The van der Waals surface area contributed by atoms with Gasteiger partial charge in [-0.1, -0.05) is 127 Å². The van der Waals surface area contributed by atoms with Crippen molar-refractivity contribution in [1.29, 1.82) is 0 Å². The van der Waals surface area contributed by atoms with Gasteiger partial charge in [0.15, 0.2) is 0 Å². The second-order valence-corrected chi connectivity index (χ2v) is 13.3. The Morgan fingerprint density at radius 1 is 0.280 bits per heavy atom. The molecule has 232 valence electrons. The van der Waals surface area contributed by atoms with E-state index < -0.39 is 0 Å². The number of hydrogen-bond acceptors (Lipinski definition) is 0. The Labute approximate surface area is 288 Å². The molecule has 2 heterocycles. The van der Waals surface area contributed by atoms with E-state index in [2.05, 4.69) is 191 Å². The number of para-hydroxylation sites is 2. The van der Waals surface area contributed by atoms with Gasteiger partial charge < -0.3 is 9.13 Å². The molecule has 0 fully saturated rings. The number of benzene rings is 9. The number of hydrogen-bond donors (Lipinski definition) is 0. The summed E-state index contributed by atoms with van der Waals surface area (Å²) in [7, 11) is 0. The Hall–Kier alpha value is -6.64. The second-order valence-electron chi connectivity index (χ2n) is 13.3. The summed E-state index contributed by atoms with van der Waals surface area (Å²) in [6.07, 6.45) is 0. The first kappa shape index (κ1) is 27.3. The van der Waals surface area contributed by atoms with E-state index in [0.29, 0.717) is 0 Å². The largest absolute Gasteiger partial charge is 0.309 e. The van der Waals surface area contributed by atoms with Crippen LogP contribution in [0.2, 0.25) is 0 Å². The Morgan fingerprint density at radius 3 is 1.44 bits per heavy atom. The maximum absolute atomic E-state index is 2.46. The fraction of sp³-hybridized carbons (Fsp3) is 0. The quantitative estimate of drug-likeness (QED) is 0.171. The van der Waals surface area contributed by atoms with Crippen LogP contribution in [0, 0.1) is 0 Å². The van der Waals surface area contributed by atoms with Crippen molar-refractivity contribution in [1.82, 2.24) is 9.13 Å². The van der Waals surface area contributed by atoms with Crippen LogP contribution in [0.5, 0.6) is 0 Å². The molecule has 0 atom stereocenters. The van der Waals surface area contributed by atoms with E-state index in [9.17, 15) is 0 Å². The Bertz CT molecular complexity index is 3130. The molecule has 11 rings (SSSR count). The molecular weight excluding hydrogens is 605 g/mol. The molecule has 0 spiro atoms. The van der Waals surface area contributed by atoms with Gasteiger partial charge in [0, 0.05) is 38.3 Å². The number of nitrogens with zero attached hydrogens (tertiary/aromatic N) is 2. The van der Waals surface area contributed by atoms with Crippen molar-refractivity contribution in [2.75, 3.05) is 0 Å². The third kappa shape index (κ3) is 3.79. The summed E-state index contributed by atoms with van der Waals surface area (Å²) in [5.74, 6) is 0. The van der Waals surface area contributed by atoms with Gasteiger partial charge in [-0.15, -0.1) is 0 Å². The molecule has 50 heavy (non-hydrogen) atoms. The molecule has 0 saturated heterocycles. The topological polar surface area (TPSA) is 9.86 Å². The fourth-order valence-corrected chi connectivity index (χ4v) is 8.53. The summed E-state index contributed by atoms with van der Waals surface area (Å²) in [5, 5.41) is 12.8. The third-order valence-electron chi connectivity index (χ3n) is 10.7. The summed E-state index contributed by atoms with van der Waals surface area (Å²) in [5.41, 5.74) is 9.67. The van der Waals surface area contributed by atoms with Crippen molar-refractivity contribution in [2.24, 2.45) is 0 Å². The minimum absolute atomic E-state index is 1.17. The van der Waals surface area contributed by atoms with Crippen LogP contribution in [0.1, 0.15) is 0 Å². The molecule has 0 aliphatic carbocycles. The van der Waals surface area contributed by atoms with Crippen LogP contribution in [0.4, 0.5) is 0 Å². The zero-order valence-electron chi connectivity index (χ0n) is 27.2. The first-order valence-electron chi connectivity index (χ1n) is 17.3. The highest BCUT2D eigenvalue weighted by Crippen LogP contribution is 2.44. The van der Waals surface area contributed by atoms with Crippen LogP contribution in [-0.2, 0) is 0 Å². The molecule has 0 aliphatic rings. The fourth-order valence-electron chi connectivity index (χ4n) is 8.53. The smallest absolute Gasteiger partial charge is 0.0625 e. The number of fused-ring (bicyclic) bond motifs is 13. The summed E-state index contributed by atoms with van der Waals surface area (Å²) in [6.45, 7) is 0. The molecule has 0 aliphatic heterocycles. The van der Waals surface area contributed by atoms with Gasteiger partial charge in [-0.2, -0.15) is 0 Å². The minimum Gasteiger partial charge on any atom is -0.309 e. The second kappa shape index (κ2) is 10.4. The maximum Gasteiger partial charge on any atom is 0.0625 e. The first-order valence-corrected chi connectivity index (χ1v) is 17.3. The molecule has 0 unspecified atom stereocenters. The highest BCUT2D eigenvalue weighted by Gasteiger charge is 2.20. The van der Waals surface area contributed by atoms with E-state index in [-0.39, 0.29) is 0 Å². The van der Waals surface area contributed by atoms with E-state index in [0.717, 1.165) is 0 Å². The first-order chi connectivity index (χ1) is 24.8. The van der Waals surface area contributed by atoms with Crippen LogP contribution in [0.25, 0.3) is 98.4 Å². The maximum atomic E-state index is 2.46. The normalized spacial score (nSPS) is 12.0. The van der Waals surface area contributed by atoms with Gasteiger partial charge >= 0.3 is 0 Å². The van der Waals surface area contributed by atoms with Crippen molar-refractivity contribution < 1.29 is 0 Å². The van der Waals surface area contributed by atoms with Crippen LogP contribution >= 0.6 is 0 Å². The molecule has 2 aromatic heterocycles. The van der Waals surface area contributed by atoms with E-state index in [4.69, 9.17) is 0 Å². The lowest BCUT2D eigenvalue weighted by Crippen LogP contribution is -1.94. The van der Waals surface area contributed by atoms with Crippen LogP contribution in [-0.4, -0.2) is 9.13 Å². The molecule has 0 radical (unpaired) electrons. The van der Waals surface area contributed by atoms with E-state index in [1.165, 1.54) is 98.4 Å². The van der Waals surface area contributed by atoms with Gasteiger partial charge in [-0.3, -0.25) is 0 Å². The molecule has 2 heteroatoms. The molecule has 0 bridgehead atoms. The van der Waals surface area contributed by atoms with Crippen molar-refractivity contribution >= 4 is 75.9 Å². The predicted molar refractivity (Wildman–Crippen MR) is 213 cm³/mol. The van der Waals surface area contributed by atoms with Crippen molar-refractivity contribution in [3.05, 3.63) is 182 Å². The average Bonchev–Trinajstić information content (AvgIpc) is 3.72. The SMILES string of the molecule is c1ccc(-n2c3ccc(-c4ccc5c(c4)c4c6ccccc6c6ccccc6c4n5-c4ccccc4)cc3c3c4ccccc4ccc32)cc1. The Kier molecular flexibility index (Phi) is 5.70. The zero-order chi connectivity index (χ0) is 32.8. The summed E-state index contributed by atoms with van der Waals surface area (Å²) in [4.78, 5) is 0. The molecule has 9 aromatic carbocycles. The lowest BCUT2D eigenvalue weighted by Gasteiger charge is -2.12. The predicted octanol–water partition coefficient (Wildman–Crippen LogP) is 13.0. The van der Waals surface area contributed by atoms with E-state index in [1.807, 2.05) is 0 Å². The molecule has 0 amide bonds. The van der Waals surface area contributed by atoms with Crippen LogP contribution < -0.4 is 0 Å². The van der Waals surface area contributed by atoms with Crippen LogP contribution in [0.3, 0.4) is 0 Å². The van der Waals surface area contributed by atoms with Crippen molar-refractivity contribution in [3.8, 4) is 22.5 Å². The van der Waals surface area contributed by atoms with E-state index in [1.54, 1.807) is 0 Å². The van der Waals surface area contributed by atoms with Crippen molar-refractivity contribution in [2.45, 2.75) is 0 Å². The minimum atomic E-state index is 1.17. The summed E-state index contributed by atoms with van der Waals surface area (Å²) < 4.78 is 4.88. The summed E-state index contributed by atoms with van der Waals surface area (Å²) >= 11 is 0. The van der Waals surface area contributed by atoms with Gasteiger partial charge in [0.05, 0.1) is 22.1 Å². The Morgan fingerprint density at radius 2 is 0.760 bits per heavy atom. The number of aromatic nitrogens is 2. The van der Waals surface area contributed by atoms with Gasteiger partial charge in [0.25, 0.3) is 0 Å². The van der Waals surface area contributed by atoms with E-state index >= 15 is 0 Å². The monoisotopic (exact) mass is 634 g/mol. The standard InChI is InChI=1S/C48H30N2/c1-3-14-34(15-4-1)49-43-26-24-32(29-41(43)46-36-18-8-7-13-31(36)23-28-45(46)49)33-25-27-44-42(30-33)47-39-21-11-9-19-37(39)38-20-10-12-22-40(38)48(47)50(44)35-16-5-2-6-17-35/h1-30H. The van der Waals surface area contributed by atoms with Crippen molar-refractivity contribution in [3.63, 3.8) is 0 Å². The molecule has 0 saturated carbocycles. The molecule has 11 aromatic rings. The average molecular weight is 635 g/mol. The van der Waals surface area contributed by atoms with Gasteiger partial charge in [-0.05, 0) is 92.7 Å². The highest BCUT2D eigenvalue weighted by molar-refractivity contribution is 6.32. The van der Waals surface area contributed by atoms with Gasteiger partial charge in [-0.25, -0.2) is 0 Å². The Balaban J connectivity index is 1.24. The van der Waals surface area contributed by atoms with Crippen LogP contribution in [0.15, 0.2) is 182 Å².